The molecule has 1 aromatic heterocycles. The third-order valence-corrected chi connectivity index (χ3v) is 5.81. The van der Waals surface area contributed by atoms with Gasteiger partial charge in [-0.25, -0.2) is 9.98 Å². The summed E-state index contributed by atoms with van der Waals surface area (Å²) in [5.74, 6) is 2.07. The number of anilines is 1. The molecule has 1 saturated heterocycles. The van der Waals surface area contributed by atoms with E-state index in [0.29, 0.717) is 6.54 Å². The number of likely N-dealkylation sites (N-methyl/N-ethyl adjacent to an activating group) is 1. The summed E-state index contributed by atoms with van der Waals surface area (Å²) in [6, 6.07) is 13.0. The first-order valence-electron chi connectivity index (χ1n) is 10.7. The van der Waals surface area contributed by atoms with Gasteiger partial charge in [-0.15, -0.1) is 24.0 Å². The number of hydrogen-bond acceptors (Lipinski definition) is 4. The van der Waals surface area contributed by atoms with E-state index in [-0.39, 0.29) is 24.0 Å². The molecule has 0 radical (unpaired) electrons. The fraction of sp³-hybridized carbons (Fsp3) is 0.478. The summed E-state index contributed by atoms with van der Waals surface area (Å²) in [5.41, 5.74) is 4.02. The molecule has 0 saturated carbocycles. The van der Waals surface area contributed by atoms with E-state index in [0.717, 1.165) is 69.6 Å². The zero-order chi connectivity index (χ0) is 20.1. The number of piperazine rings is 1. The lowest BCUT2D eigenvalue weighted by molar-refractivity contribution is 0.312. The summed E-state index contributed by atoms with van der Waals surface area (Å²) in [6.07, 6.45) is 3.05. The van der Waals surface area contributed by atoms with Crippen LogP contribution < -0.4 is 10.2 Å². The molecular formula is C23H33IN6. The summed E-state index contributed by atoms with van der Waals surface area (Å²) >= 11 is 0. The minimum atomic E-state index is 0. The van der Waals surface area contributed by atoms with Gasteiger partial charge in [0, 0.05) is 52.0 Å². The molecular weight excluding hydrogens is 487 g/mol. The van der Waals surface area contributed by atoms with Crippen LogP contribution in [0, 0.1) is 0 Å². The fourth-order valence-electron chi connectivity index (χ4n) is 4.00. The van der Waals surface area contributed by atoms with Crippen LogP contribution in [0.1, 0.15) is 23.6 Å². The van der Waals surface area contributed by atoms with Crippen molar-refractivity contribution in [3.05, 3.63) is 59.3 Å². The van der Waals surface area contributed by atoms with Crippen molar-refractivity contribution in [1.82, 2.24) is 20.1 Å². The highest BCUT2D eigenvalue weighted by atomic mass is 127. The van der Waals surface area contributed by atoms with Crippen LogP contribution in [0.2, 0.25) is 0 Å². The van der Waals surface area contributed by atoms with Crippen molar-refractivity contribution in [1.29, 1.82) is 0 Å². The fourth-order valence-corrected chi connectivity index (χ4v) is 4.00. The molecule has 2 aliphatic rings. The van der Waals surface area contributed by atoms with Crippen molar-refractivity contribution in [2.45, 2.75) is 26.4 Å². The molecule has 6 nitrogen and oxygen atoms in total. The molecule has 1 fully saturated rings. The Morgan fingerprint density at radius 1 is 1.03 bits per heavy atom. The van der Waals surface area contributed by atoms with Gasteiger partial charge in [0.15, 0.2) is 5.96 Å². The predicted octanol–water partition coefficient (Wildman–Crippen LogP) is 2.98. The smallest absolute Gasteiger partial charge is 0.194 e. The van der Waals surface area contributed by atoms with Gasteiger partial charge in [-0.1, -0.05) is 30.3 Å². The minimum absolute atomic E-state index is 0. The van der Waals surface area contributed by atoms with Gasteiger partial charge in [0.1, 0.15) is 5.82 Å². The Hall–Kier alpha value is -1.87. The zero-order valence-corrected chi connectivity index (χ0v) is 20.4. The van der Waals surface area contributed by atoms with Crippen molar-refractivity contribution < 1.29 is 0 Å². The van der Waals surface area contributed by atoms with Crippen LogP contribution in [0.15, 0.2) is 47.6 Å². The highest BCUT2D eigenvalue weighted by Gasteiger charge is 2.19. The van der Waals surface area contributed by atoms with Crippen LogP contribution >= 0.6 is 24.0 Å². The van der Waals surface area contributed by atoms with E-state index < -0.39 is 0 Å². The highest BCUT2D eigenvalue weighted by molar-refractivity contribution is 14.0. The molecule has 2 aliphatic heterocycles. The number of nitrogens with one attached hydrogen (secondary N) is 1. The molecule has 0 bridgehead atoms. The average molecular weight is 520 g/mol. The van der Waals surface area contributed by atoms with Gasteiger partial charge in [-0.2, -0.15) is 0 Å². The average Bonchev–Trinajstić information content (AvgIpc) is 2.77. The number of fused-ring (bicyclic) bond motifs is 1. The molecule has 2 aromatic rings. The van der Waals surface area contributed by atoms with Gasteiger partial charge >= 0.3 is 0 Å². The first-order valence-corrected chi connectivity index (χ1v) is 10.7. The lowest BCUT2D eigenvalue weighted by Gasteiger charge is -2.33. The summed E-state index contributed by atoms with van der Waals surface area (Å²) in [5, 5.41) is 3.46. The Kier molecular flexibility index (Phi) is 8.32. The molecule has 1 aromatic carbocycles. The van der Waals surface area contributed by atoms with Gasteiger partial charge in [0.05, 0.1) is 6.54 Å². The number of rotatable bonds is 4. The molecule has 0 atom stereocenters. The molecule has 0 amide bonds. The van der Waals surface area contributed by atoms with Gasteiger partial charge in [0.2, 0.25) is 0 Å². The third kappa shape index (κ3) is 5.63. The Bertz CT molecular complexity index is 830. The van der Waals surface area contributed by atoms with Gasteiger partial charge < -0.3 is 20.0 Å². The standard InChI is InChI=1S/C23H32N6.HI/c1-3-24-23(29-11-10-20-6-4-5-7-21(20)18-29)26-17-19-8-9-22(25-16-19)28-14-12-27(2)13-15-28;/h4-9,16H,3,10-15,17-18H2,1-2H3,(H,24,26);1H. The first-order chi connectivity index (χ1) is 14.2. The molecule has 0 spiro atoms. The van der Waals surface area contributed by atoms with Gasteiger partial charge in [-0.05, 0) is 43.1 Å². The molecule has 7 heteroatoms. The molecule has 30 heavy (non-hydrogen) atoms. The molecule has 1 N–H and O–H groups in total. The Labute approximate surface area is 197 Å². The van der Waals surface area contributed by atoms with E-state index in [1.165, 1.54) is 11.1 Å². The number of halogens is 1. The summed E-state index contributed by atoms with van der Waals surface area (Å²) in [4.78, 5) is 16.7. The van der Waals surface area contributed by atoms with Crippen LogP contribution in [0.4, 0.5) is 5.82 Å². The van der Waals surface area contributed by atoms with E-state index in [1.54, 1.807) is 0 Å². The van der Waals surface area contributed by atoms with E-state index in [1.807, 2.05) is 6.20 Å². The second-order valence-corrected chi connectivity index (χ2v) is 7.93. The van der Waals surface area contributed by atoms with Crippen molar-refractivity contribution in [3.63, 3.8) is 0 Å². The minimum Gasteiger partial charge on any atom is -0.356 e. The van der Waals surface area contributed by atoms with Crippen LogP contribution in [0.25, 0.3) is 0 Å². The Morgan fingerprint density at radius 3 is 2.50 bits per heavy atom. The normalized spacial score (nSPS) is 17.3. The first kappa shape index (κ1) is 22.8. The van der Waals surface area contributed by atoms with E-state index in [4.69, 9.17) is 9.98 Å². The summed E-state index contributed by atoms with van der Waals surface area (Å²) in [7, 11) is 2.18. The zero-order valence-electron chi connectivity index (χ0n) is 18.0. The maximum Gasteiger partial charge on any atom is 0.194 e. The summed E-state index contributed by atoms with van der Waals surface area (Å²) < 4.78 is 0. The number of hydrogen-bond donors (Lipinski definition) is 1. The molecule has 0 aliphatic carbocycles. The third-order valence-electron chi connectivity index (χ3n) is 5.81. The number of guanidine groups is 1. The van der Waals surface area contributed by atoms with Gasteiger partial charge in [0.25, 0.3) is 0 Å². The quantitative estimate of drug-likeness (QED) is 0.382. The van der Waals surface area contributed by atoms with Crippen molar-refractivity contribution in [3.8, 4) is 0 Å². The van der Waals surface area contributed by atoms with E-state index >= 15 is 0 Å². The van der Waals surface area contributed by atoms with Crippen LogP contribution in [0.5, 0.6) is 0 Å². The van der Waals surface area contributed by atoms with Crippen LogP contribution in [-0.4, -0.2) is 67.1 Å². The van der Waals surface area contributed by atoms with Crippen LogP contribution in [-0.2, 0) is 19.5 Å². The van der Waals surface area contributed by atoms with Crippen molar-refractivity contribution in [2.24, 2.45) is 4.99 Å². The maximum atomic E-state index is 4.90. The van der Waals surface area contributed by atoms with Crippen LogP contribution in [0.3, 0.4) is 0 Å². The number of aliphatic imine (C=N–C) groups is 1. The lowest BCUT2D eigenvalue weighted by atomic mass is 10.0. The highest BCUT2D eigenvalue weighted by Crippen LogP contribution is 2.19. The number of pyridine rings is 1. The number of nitrogens with zero attached hydrogens (tertiary/aromatic N) is 5. The molecule has 0 unspecified atom stereocenters. The molecule has 3 heterocycles. The van der Waals surface area contributed by atoms with E-state index in [2.05, 4.69) is 70.4 Å². The molecule has 4 rings (SSSR count). The Morgan fingerprint density at radius 2 is 1.80 bits per heavy atom. The lowest BCUT2D eigenvalue weighted by Crippen LogP contribution is -2.44. The number of aromatic nitrogens is 1. The van der Waals surface area contributed by atoms with Gasteiger partial charge in [-0.3, -0.25) is 0 Å². The summed E-state index contributed by atoms with van der Waals surface area (Å²) in [6.45, 7) is 9.85. The Balaban J connectivity index is 0.00000256. The monoisotopic (exact) mass is 520 g/mol. The maximum absolute atomic E-state index is 4.90. The van der Waals surface area contributed by atoms with Crippen molar-refractivity contribution >= 4 is 35.8 Å². The largest absolute Gasteiger partial charge is 0.356 e. The predicted molar refractivity (Wildman–Crippen MR) is 135 cm³/mol. The van der Waals surface area contributed by atoms with E-state index in [9.17, 15) is 0 Å². The molecule has 162 valence electrons. The second kappa shape index (κ2) is 10.9. The topological polar surface area (TPSA) is 47.0 Å². The second-order valence-electron chi connectivity index (χ2n) is 7.93. The SMILES string of the molecule is CCNC(=NCc1ccc(N2CCN(C)CC2)nc1)N1CCc2ccccc2C1.I. The number of benzene rings is 1. The van der Waals surface area contributed by atoms with Crippen molar-refractivity contribution in [2.75, 3.05) is 51.2 Å².